The summed E-state index contributed by atoms with van der Waals surface area (Å²) >= 11 is 4.97. The van der Waals surface area contributed by atoms with Crippen LogP contribution in [0.5, 0.6) is 0 Å². The maximum atomic E-state index is 14.2. The van der Waals surface area contributed by atoms with Crippen molar-refractivity contribution < 1.29 is 4.39 Å². The number of hydrogen-bond acceptors (Lipinski definition) is 3. The zero-order valence-electron chi connectivity index (χ0n) is 11.1. The molecule has 1 atom stereocenters. The average molecular weight is 355 g/mol. The van der Waals surface area contributed by atoms with Gasteiger partial charge in [-0.25, -0.2) is 9.82 Å². The molecule has 0 spiro atoms. The molecule has 106 valence electrons. The monoisotopic (exact) mass is 354 g/mol. The Morgan fingerprint density at radius 3 is 2.55 bits per heavy atom. The molecule has 3 N–H and O–H groups in total. The van der Waals surface area contributed by atoms with E-state index in [0.717, 1.165) is 11.3 Å². The van der Waals surface area contributed by atoms with Gasteiger partial charge >= 0.3 is 0 Å². The Morgan fingerprint density at radius 2 is 1.95 bits per heavy atom. The smallest absolute Gasteiger partial charge is 0.142 e. The van der Waals surface area contributed by atoms with Gasteiger partial charge in [0.2, 0.25) is 0 Å². The minimum Gasteiger partial charge on any atom is -0.271 e. The maximum absolute atomic E-state index is 14.2. The first-order chi connectivity index (χ1) is 9.67. The second-order valence-corrected chi connectivity index (χ2v) is 6.44. The van der Waals surface area contributed by atoms with Crippen molar-refractivity contribution in [2.24, 2.45) is 5.84 Å². The first-order valence-corrected chi connectivity index (χ1v) is 8.08. The van der Waals surface area contributed by atoms with Crippen molar-refractivity contribution in [3.05, 3.63) is 63.9 Å². The summed E-state index contributed by atoms with van der Waals surface area (Å²) in [6.45, 7) is 2.11. The number of hydrazine groups is 1. The van der Waals surface area contributed by atoms with Gasteiger partial charge in [-0.05, 0) is 45.4 Å². The molecular formula is C15H16BrFN2S. The molecule has 2 aromatic carbocycles. The maximum Gasteiger partial charge on any atom is 0.142 e. The van der Waals surface area contributed by atoms with Crippen LogP contribution >= 0.6 is 27.7 Å². The van der Waals surface area contributed by atoms with Crippen molar-refractivity contribution in [2.45, 2.75) is 17.9 Å². The van der Waals surface area contributed by atoms with E-state index < -0.39 is 0 Å². The fourth-order valence-electron chi connectivity index (χ4n) is 2.03. The first kappa shape index (κ1) is 15.5. The van der Waals surface area contributed by atoms with Gasteiger partial charge in [-0.2, -0.15) is 0 Å². The topological polar surface area (TPSA) is 38.0 Å². The van der Waals surface area contributed by atoms with Gasteiger partial charge in [0.1, 0.15) is 5.82 Å². The Labute approximate surface area is 131 Å². The van der Waals surface area contributed by atoms with Gasteiger partial charge in [0, 0.05) is 10.5 Å². The van der Waals surface area contributed by atoms with Gasteiger partial charge in [0.05, 0.1) is 10.5 Å². The SMILES string of the molecule is CCSc1ccc(C(NN)c2cccc(Br)c2F)cc1. The molecular weight excluding hydrogens is 339 g/mol. The van der Waals surface area contributed by atoms with Crippen LogP contribution < -0.4 is 11.3 Å². The summed E-state index contributed by atoms with van der Waals surface area (Å²) in [6, 6.07) is 12.9. The molecule has 2 nitrogen and oxygen atoms in total. The molecule has 0 radical (unpaired) electrons. The largest absolute Gasteiger partial charge is 0.271 e. The van der Waals surface area contributed by atoms with E-state index in [2.05, 4.69) is 28.3 Å². The van der Waals surface area contributed by atoms with Crippen molar-refractivity contribution in [1.82, 2.24) is 5.43 Å². The Kier molecular flexibility index (Phi) is 5.60. The minimum absolute atomic E-state index is 0.289. The van der Waals surface area contributed by atoms with Gasteiger partial charge in [0.25, 0.3) is 0 Å². The van der Waals surface area contributed by atoms with Gasteiger partial charge < -0.3 is 0 Å². The Balaban J connectivity index is 2.34. The third-order valence-corrected chi connectivity index (χ3v) is 4.49. The van der Waals surface area contributed by atoms with Crippen LogP contribution in [-0.2, 0) is 0 Å². The molecule has 0 aromatic heterocycles. The van der Waals surface area contributed by atoms with E-state index in [1.54, 1.807) is 30.0 Å². The van der Waals surface area contributed by atoms with E-state index in [0.29, 0.717) is 10.0 Å². The van der Waals surface area contributed by atoms with Crippen LogP contribution in [0.25, 0.3) is 0 Å². The van der Waals surface area contributed by atoms with Crippen LogP contribution in [0.1, 0.15) is 24.1 Å². The third-order valence-electron chi connectivity index (χ3n) is 2.98. The zero-order chi connectivity index (χ0) is 14.5. The number of rotatable bonds is 5. The Hall–Kier alpha value is -0.880. The number of hydrogen-bond donors (Lipinski definition) is 2. The molecule has 5 heteroatoms. The van der Waals surface area contributed by atoms with Crippen LogP contribution in [-0.4, -0.2) is 5.75 Å². The second-order valence-electron chi connectivity index (χ2n) is 4.24. The standard InChI is InChI=1S/C15H16BrFN2S/c1-2-20-11-8-6-10(7-9-11)15(19-18)12-4-3-5-13(16)14(12)17/h3-9,15,19H,2,18H2,1H3. The summed E-state index contributed by atoms with van der Waals surface area (Å²) in [5.41, 5.74) is 4.15. The van der Waals surface area contributed by atoms with Gasteiger partial charge in [-0.15, -0.1) is 11.8 Å². The van der Waals surface area contributed by atoms with Crippen molar-refractivity contribution in [2.75, 3.05) is 5.75 Å². The molecule has 20 heavy (non-hydrogen) atoms. The predicted molar refractivity (Wildman–Crippen MR) is 86.1 cm³/mol. The summed E-state index contributed by atoms with van der Waals surface area (Å²) in [5.74, 6) is 6.35. The van der Waals surface area contributed by atoms with E-state index in [-0.39, 0.29) is 11.9 Å². The van der Waals surface area contributed by atoms with Crippen molar-refractivity contribution >= 4 is 27.7 Å². The van der Waals surface area contributed by atoms with Crippen LogP contribution in [0, 0.1) is 5.82 Å². The molecule has 0 saturated heterocycles. The minimum atomic E-state index is -0.367. The molecule has 0 amide bonds. The Bertz CT molecular complexity index is 575. The molecule has 2 rings (SSSR count). The summed E-state index contributed by atoms with van der Waals surface area (Å²) in [5, 5.41) is 0. The van der Waals surface area contributed by atoms with E-state index in [1.165, 1.54) is 4.90 Å². The van der Waals surface area contributed by atoms with Crippen molar-refractivity contribution in [3.8, 4) is 0 Å². The number of nitrogens with one attached hydrogen (secondary N) is 1. The number of halogens is 2. The van der Waals surface area contributed by atoms with Gasteiger partial charge in [-0.3, -0.25) is 5.84 Å². The highest BCUT2D eigenvalue weighted by atomic mass is 79.9. The van der Waals surface area contributed by atoms with E-state index in [4.69, 9.17) is 5.84 Å². The quantitative estimate of drug-likeness (QED) is 0.478. The molecule has 0 heterocycles. The summed E-state index contributed by atoms with van der Waals surface area (Å²) < 4.78 is 14.6. The molecule has 0 aliphatic heterocycles. The highest BCUT2D eigenvalue weighted by Crippen LogP contribution is 2.29. The molecule has 1 unspecified atom stereocenters. The lowest BCUT2D eigenvalue weighted by atomic mass is 9.99. The molecule has 0 bridgehead atoms. The molecule has 0 fully saturated rings. The normalized spacial score (nSPS) is 12.4. The average Bonchev–Trinajstić information content (AvgIpc) is 2.46. The lowest BCUT2D eigenvalue weighted by molar-refractivity contribution is 0.556. The van der Waals surface area contributed by atoms with Crippen LogP contribution in [0.2, 0.25) is 0 Å². The zero-order valence-corrected chi connectivity index (χ0v) is 13.5. The molecule has 2 aromatic rings. The van der Waals surface area contributed by atoms with E-state index >= 15 is 0 Å². The first-order valence-electron chi connectivity index (χ1n) is 6.30. The Morgan fingerprint density at radius 1 is 1.25 bits per heavy atom. The van der Waals surface area contributed by atoms with Crippen LogP contribution in [0.4, 0.5) is 4.39 Å². The second kappa shape index (κ2) is 7.22. The fourth-order valence-corrected chi connectivity index (χ4v) is 3.08. The lowest BCUT2D eigenvalue weighted by Gasteiger charge is -2.18. The predicted octanol–water partition coefficient (Wildman–Crippen LogP) is 4.25. The highest BCUT2D eigenvalue weighted by Gasteiger charge is 2.17. The molecule has 0 saturated carbocycles. The number of thioether (sulfide) groups is 1. The van der Waals surface area contributed by atoms with Crippen LogP contribution in [0.15, 0.2) is 51.8 Å². The third kappa shape index (κ3) is 3.41. The number of nitrogens with two attached hydrogens (primary N) is 1. The van der Waals surface area contributed by atoms with E-state index in [1.807, 2.05) is 24.3 Å². The summed E-state index contributed by atoms with van der Waals surface area (Å²) in [6.07, 6.45) is 0. The number of benzene rings is 2. The lowest BCUT2D eigenvalue weighted by Crippen LogP contribution is -2.29. The van der Waals surface area contributed by atoms with Crippen molar-refractivity contribution in [1.29, 1.82) is 0 Å². The van der Waals surface area contributed by atoms with Gasteiger partial charge in [0.15, 0.2) is 0 Å². The summed E-state index contributed by atoms with van der Waals surface area (Å²) in [4.78, 5) is 1.20. The van der Waals surface area contributed by atoms with E-state index in [9.17, 15) is 4.39 Å². The van der Waals surface area contributed by atoms with Gasteiger partial charge in [-0.1, -0.05) is 31.2 Å². The van der Waals surface area contributed by atoms with Crippen LogP contribution in [0.3, 0.4) is 0 Å². The fraction of sp³-hybridized carbons (Fsp3) is 0.200. The molecule has 0 aliphatic rings. The van der Waals surface area contributed by atoms with Crippen molar-refractivity contribution in [3.63, 3.8) is 0 Å². The highest BCUT2D eigenvalue weighted by molar-refractivity contribution is 9.10. The summed E-state index contributed by atoms with van der Waals surface area (Å²) in [7, 11) is 0. The molecule has 0 aliphatic carbocycles.